The smallest absolute Gasteiger partial charge is 0.344 e. The summed E-state index contributed by atoms with van der Waals surface area (Å²) in [5, 5.41) is 2.83. The molecule has 0 aliphatic heterocycles. The molecule has 0 radical (unpaired) electrons. The lowest BCUT2D eigenvalue weighted by molar-refractivity contribution is 0.325. The molecular weight excluding hydrogens is 356 g/mol. The fourth-order valence-corrected chi connectivity index (χ4v) is 3.64. The fourth-order valence-electron chi connectivity index (χ4n) is 3.64. The van der Waals surface area contributed by atoms with Crippen LogP contribution in [0.3, 0.4) is 0 Å². The number of methoxy groups -OCH3 is 3. The standard InChI is InChI=1S/C23H20O5/c1-13-11-14-12-18(17-9-10-19(25-2)22(27-4)21(17)26-3)23(24)28-20(14)16-8-6-5-7-15(13)16/h5-12H,1-4H3. The summed E-state index contributed by atoms with van der Waals surface area (Å²) in [5.74, 6) is 1.37. The van der Waals surface area contributed by atoms with Gasteiger partial charge in [0, 0.05) is 16.3 Å². The van der Waals surface area contributed by atoms with Crippen LogP contribution in [0.2, 0.25) is 0 Å². The van der Waals surface area contributed by atoms with Crippen LogP contribution in [0.5, 0.6) is 17.2 Å². The summed E-state index contributed by atoms with van der Waals surface area (Å²) in [6.45, 7) is 2.05. The van der Waals surface area contributed by atoms with Crippen molar-refractivity contribution >= 4 is 21.7 Å². The Kier molecular flexibility index (Phi) is 4.43. The molecule has 0 amide bonds. The Labute approximate surface area is 162 Å². The molecule has 28 heavy (non-hydrogen) atoms. The molecule has 5 nitrogen and oxygen atoms in total. The van der Waals surface area contributed by atoms with E-state index in [9.17, 15) is 4.79 Å². The van der Waals surface area contributed by atoms with Gasteiger partial charge in [0.2, 0.25) is 5.75 Å². The molecule has 0 saturated carbocycles. The second-order valence-corrected chi connectivity index (χ2v) is 6.49. The third-order valence-electron chi connectivity index (χ3n) is 4.94. The van der Waals surface area contributed by atoms with Gasteiger partial charge in [-0.05, 0) is 42.1 Å². The lowest BCUT2D eigenvalue weighted by atomic mass is 9.99. The Morgan fingerprint density at radius 2 is 1.50 bits per heavy atom. The minimum absolute atomic E-state index is 0.403. The zero-order valence-corrected chi connectivity index (χ0v) is 16.2. The number of ether oxygens (including phenoxy) is 3. The zero-order chi connectivity index (χ0) is 19.8. The van der Waals surface area contributed by atoms with E-state index in [-0.39, 0.29) is 0 Å². The number of benzene rings is 3. The predicted octanol–water partition coefficient (Wildman–Crippen LogP) is 4.95. The van der Waals surface area contributed by atoms with E-state index in [0.29, 0.717) is 34.0 Å². The summed E-state index contributed by atoms with van der Waals surface area (Å²) in [6.07, 6.45) is 0. The molecule has 5 heteroatoms. The van der Waals surface area contributed by atoms with Crippen molar-refractivity contribution in [3.8, 4) is 28.4 Å². The van der Waals surface area contributed by atoms with Crippen molar-refractivity contribution in [1.29, 1.82) is 0 Å². The van der Waals surface area contributed by atoms with Gasteiger partial charge in [-0.25, -0.2) is 4.79 Å². The van der Waals surface area contributed by atoms with E-state index < -0.39 is 5.63 Å². The Morgan fingerprint density at radius 3 is 2.18 bits per heavy atom. The third-order valence-corrected chi connectivity index (χ3v) is 4.94. The summed E-state index contributed by atoms with van der Waals surface area (Å²) in [7, 11) is 4.61. The molecule has 0 atom stereocenters. The predicted molar refractivity (Wildman–Crippen MR) is 110 cm³/mol. The van der Waals surface area contributed by atoms with Crippen LogP contribution in [-0.2, 0) is 0 Å². The van der Waals surface area contributed by atoms with E-state index in [4.69, 9.17) is 18.6 Å². The highest BCUT2D eigenvalue weighted by atomic mass is 16.5. The molecule has 0 bridgehead atoms. The van der Waals surface area contributed by atoms with Gasteiger partial charge in [-0.15, -0.1) is 0 Å². The van der Waals surface area contributed by atoms with Crippen LogP contribution in [0, 0.1) is 6.92 Å². The van der Waals surface area contributed by atoms with Crippen molar-refractivity contribution in [2.75, 3.05) is 21.3 Å². The van der Waals surface area contributed by atoms with Gasteiger partial charge in [0.1, 0.15) is 5.58 Å². The maximum absolute atomic E-state index is 12.9. The van der Waals surface area contributed by atoms with Gasteiger partial charge in [-0.3, -0.25) is 0 Å². The minimum Gasteiger partial charge on any atom is -0.493 e. The molecule has 3 aromatic carbocycles. The largest absolute Gasteiger partial charge is 0.493 e. The Morgan fingerprint density at radius 1 is 0.786 bits per heavy atom. The summed E-state index contributed by atoms with van der Waals surface area (Å²) in [5.41, 5.74) is 2.24. The van der Waals surface area contributed by atoms with Gasteiger partial charge in [-0.1, -0.05) is 24.3 Å². The van der Waals surface area contributed by atoms with E-state index in [2.05, 4.69) is 0 Å². The third kappa shape index (κ3) is 2.67. The van der Waals surface area contributed by atoms with E-state index >= 15 is 0 Å². The molecule has 1 heterocycles. The number of fused-ring (bicyclic) bond motifs is 3. The molecule has 0 unspecified atom stereocenters. The highest BCUT2D eigenvalue weighted by Gasteiger charge is 2.20. The average Bonchev–Trinajstić information content (AvgIpc) is 2.73. The first-order valence-electron chi connectivity index (χ1n) is 8.84. The molecule has 0 N–H and O–H groups in total. The van der Waals surface area contributed by atoms with Crippen molar-refractivity contribution in [1.82, 2.24) is 0 Å². The first-order valence-corrected chi connectivity index (χ1v) is 8.84. The van der Waals surface area contributed by atoms with Crippen LogP contribution >= 0.6 is 0 Å². The van der Waals surface area contributed by atoms with Crippen molar-refractivity contribution in [3.63, 3.8) is 0 Å². The lowest BCUT2D eigenvalue weighted by Gasteiger charge is -2.15. The molecule has 0 saturated heterocycles. The molecule has 0 fully saturated rings. The van der Waals surface area contributed by atoms with Crippen LogP contribution in [0.4, 0.5) is 0 Å². The number of aryl methyl sites for hydroxylation is 1. The summed E-state index contributed by atoms with van der Waals surface area (Å²) < 4.78 is 22.1. The van der Waals surface area contributed by atoms with Gasteiger partial charge in [0.15, 0.2) is 11.5 Å². The highest BCUT2D eigenvalue weighted by molar-refractivity contribution is 6.06. The molecule has 142 valence electrons. The Hall–Kier alpha value is -3.47. The Bertz CT molecular complexity index is 1250. The summed E-state index contributed by atoms with van der Waals surface area (Å²) in [6, 6.07) is 15.3. The van der Waals surface area contributed by atoms with Crippen LogP contribution in [0.25, 0.3) is 32.9 Å². The Balaban J connectivity index is 2.04. The first-order chi connectivity index (χ1) is 13.6. The molecule has 4 aromatic rings. The van der Waals surface area contributed by atoms with Gasteiger partial charge < -0.3 is 18.6 Å². The molecule has 0 spiro atoms. The van der Waals surface area contributed by atoms with E-state index in [1.807, 2.05) is 43.3 Å². The maximum atomic E-state index is 12.9. The van der Waals surface area contributed by atoms with Gasteiger partial charge in [0.05, 0.1) is 26.9 Å². The zero-order valence-electron chi connectivity index (χ0n) is 16.2. The van der Waals surface area contributed by atoms with Gasteiger partial charge in [-0.2, -0.15) is 0 Å². The molecular formula is C23H20O5. The van der Waals surface area contributed by atoms with Crippen LogP contribution in [0.15, 0.2) is 57.7 Å². The second kappa shape index (κ2) is 6.93. The van der Waals surface area contributed by atoms with Gasteiger partial charge >= 0.3 is 5.63 Å². The van der Waals surface area contributed by atoms with Crippen LogP contribution in [0.1, 0.15) is 5.56 Å². The van der Waals surface area contributed by atoms with Crippen LogP contribution in [-0.4, -0.2) is 21.3 Å². The van der Waals surface area contributed by atoms with E-state index in [1.54, 1.807) is 19.2 Å². The molecule has 4 rings (SSSR count). The molecule has 0 aliphatic rings. The quantitative estimate of drug-likeness (QED) is 0.373. The molecule has 0 aliphatic carbocycles. The topological polar surface area (TPSA) is 57.9 Å². The van der Waals surface area contributed by atoms with Gasteiger partial charge in [0.25, 0.3) is 0 Å². The van der Waals surface area contributed by atoms with E-state index in [1.165, 1.54) is 14.2 Å². The maximum Gasteiger partial charge on any atom is 0.344 e. The number of hydrogen-bond acceptors (Lipinski definition) is 5. The van der Waals surface area contributed by atoms with Crippen molar-refractivity contribution in [2.24, 2.45) is 0 Å². The van der Waals surface area contributed by atoms with Crippen molar-refractivity contribution in [2.45, 2.75) is 6.92 Å². The lowest BCUT2D eigenvalue weighted by Crippen LogP contribution is -2.05. The summed E-state index contributed by atoms with van der Waals surface area (Å²) >= 11 is 0. The second-order valence-electron chi connectivity index (χ2n) is 6.49. The minimum atomic E-state index is -0.438. The fraction of sp³-hybridized carbons (Fsp3) is 0.174. The SMILES string of the molecule is COc1ccc(-c2cc3cc(C)c4ccccc4c3oc2=O)c(OC)c1OC. The number of rotatable bonds is 4. The van der Waals surface area contributed by atoms with Crippen molar-refractivity contribution < 1.29 is 18.6 Å². The van der Waals surface area contributed by atoms with Crippen LogP contribution < -0.4 is 19.8 Å². The summed E-state index contributed by atoms with van der Waals surface area (Å²) in [4.78, 5) is 12.9. The van der Waals surface area contributed by atoms with E-state index in [0.717, 1.165) is 21.7 Å². The highest BCUT2D eigenvalue weighted by Crippen LogP contribution is 2.44. The monoisotopic (exact) mass is 376 g/mol. The number of hydrogen-bond donors (Lipinski definition) is 0. The molecule has 1 aromatic heterocycles. The average molecular weight is 376 g/mol. The van der Waals surface area contributed by atoms with Crippen molar-refractivity contribution in [3.05, 3.63) is 64.5 Å². The normalized spacial score (nSPS) is 11.0. The first kappa shape index (κ1) is 17.9.